The van der Waals surface area contributed by atoms with Crippen molar-refractivity contribution >= 4 is 17.7 Å². The van der Waals surface area contributed by atoms with Gasteiger partial charge >= 0.3 is 5.97 Å². The largest absolute Gasteiger partial charge is 0.480 e. The van der Waals surface area contributed by atoms with Gasteiger partial charge in [-0.05, 0) is 6.42 Å². The molecule has 1 saturated heterocycles. The third-order valence-corrected chi connectivity index (χ3v) is 3.10. The van der Waals surface area contributed by atoms with Crippen LogP contribution in [0.2, 0.25) is 0 Å². The Hall–Kier alpha value is -0.220. The molecule has 1 fully saturated rings. The van der Waals surface area contributed by atoms with E-state index in [1.165, 1.54) is 0 Å². The quantitative estimate of drug-likeness (QED) is 0.658. The van der Waals surface area contributed by atoms with Gasteiger partial charge in [-0.3, -0.25) is 4.79 Å². The van der Waals surface area contributed by atoms with Crippen molar-refractivity contribution in [3.8, 4) is 0 Å². The average Bonchev–Trinajstić information content (AvgIpc) is 2.31. The van der Waals surface area contributed by atoms with Gasteiger partial charge in [-0.2, -0.15) is 11.8 Å². The first-order valence-electron chi connectivity index (χ1n) is 3.75. The molecule has 0 saturated carbocycles. The van der Waals surface area contributed by atoms with Gasteiger partial charge in [0.15, 0.2) is 0 Å². The van der Waals surface area contributed by atoms with E-state index in [9.17, 15) is 4.79 Å². The fourth-order valence-corrected chi connectivity index (χ4v) is 2.37. The molecule has 0 aromatic carbocycles. The number of carboxylic acid groups (broad SMARTS) is 1. The Morgan fingerprint density at radius 3 is 3.00 bits per heavy atom. The van der Waals surface area contributed by atoms with Gasteiger partial charge in [0.1, 0.15) is 0 Å². The number of rotatable bonds is 3. The van der Waals surface area contributed by atoms with Crippen LogP contribution in [-0.4, -0.2) is 34.7 Å². The Morgan fingerprint density at radius 2 is 2.55 bits per heavy atom. The van der Waals surface area contributed by atoms with Crippen molar-refractivity contribution in [1.29, 1.82) is 0 Å². The molecular formula is C7H13NO2S. The fraction of sp³-hybridized carbons (Fsp3) is 0.857. The highest BCUT2D eigenvalue weighted by molar-refractivity contribution is 8.00. The zero-order chi connectivity index (χ0) is 8.27. The van der Waals surface area contributed by atoms with Crippen LogP contribution in [0.5, 0.6) is 0 Å². The summed E-state index contributed by atoms with van der Waals surface area (Å²) in [7, 11) is 0. The normalized spacial score (nSPS) is 30.6. The second kappa shape index (κ2) is 3.97. The highest BCUT2D eigenvalue weighted by Crippen LogP contribution is 2.25. The summed E-state index contributed by atoms with van der Waals surface area (Å²) in [6.45, 7) is 2.27. The Labute approximate surface area is 70.6 Å². The Kier molecular flexibility index (Phi) is 3.20. The fourth-order valence-electron chi connectivity index (χ4n) is 1.19. The van der Waals surface area contributed by atoms with Crippen LogP contribution in [0.1, 0.15) is 13.3 Å². The second-order valence-electron chi connectivity index (χ2n) is 2.85. The maximum absolute atomic E-state index is 10.2. The molecule has 0 amide bonds. The van der Waals surface area contributed by atoms with Crippen molar-refractivity contribution in [3.63, 3.8) is 0 Å². The van der Waals surface area contributed by atoms with E-state index in [-0.39, 0.29) is 6.54 Å². The first-order valence-corrected chi connectivity index (χ1v) is 4.80. The molecule has 0 radical (unpaired) electrons. The molecule has 4 heteroatoms. The molecule has 3 nitrogen and oxygen atoms in total. The van der Waals surface area contributed by atoms with Gasteiger partial charge in [0, 0.05) is 17.0 Å². The van der Waals surface area contributed by atoms with E-state index in [2.05, 4.69) is 12.2 Å². The van der Waals surface area contributed by atoms with Crippen LogP contribution in [0.4, 0.5) is 0 Å². The highest BCUT2D eigenvalue weighted by Gasteiger charge is 2.21. The molecule has 0 aromatic rings. The van der Waals surface area contributed by atoms with Gasteiger partial charge < -0.3 is 10.4 Å². The SMILES string of the molecule is CC1CC(NCC(=O)O)CS1. The van der Waals surface area contributed by atoms with E-state index >= 15 is 0 Å². The number of nitrogens with one attached hydrogen (secondary N) is 1. The van der Waals surface area contributed by atoms with Crippen LogP contribution >= 0.6 is 11.8 Å². The average molecular weight is 175 g/mol. The summed E-state index contributed by atoms with van der Waals surface area (Å²) in [5.74, 6) is 0.281. The second-order valence-corrected chi connectivity index (χ2v) is 4.32. The van der Waals surface area contributed by atoms with Crippen molar-refractivity contribution in [1.82, 2.24) is 5.32 Å². The topological polar surface area (TPSA) is 49.3 Å². The van der Waals surface area contributed by atoms with E-state index in [1.807, 2.05) is 11.8 Å². The van der Waals surface area contributed by atoms with Gasteiger partial charge in [0.2, 0.25) is 0 Å². The van der Waals surface area contributed by atoms with E-state index < -0.39 is 5.97 Å². The molecule has 2 unspecified atom stereocenters. The molecule has 2 atom stereocenters. The molecule has 1 rings (SSSR count). The smallest absolute Gasteiger partial charge is 0.317 e. The van der Waals surface area contributed by atoms with Crippen molar-refractivity contribution in [2.24, 2.45) is 0 Å². The lowest BCUT2D eigenvalue weighted by atomic mass is 10.2. The lowest BCUT2D eigenvalue weighted by molar-refractivity contribution is -0.136. The van der Waals surface area contributed by atoms with Crippen LogP contribution in [0.15, 0.2) is 0 Å². The molecule has 1 aliphatic heterocycles. The van der Waals surface area contributed by atoms with Crippen molar-refractivity contribution in [3.05, 3.63) is 0 Å². The van der Waals surface area contributed by atoms with Crippen molar-refractivity contribution < 1.29 is 9.90 Å². The first kappa shape index (κ1) is 8.87. The summed E-state index contributed by atoms with van der Waals surface area (Å²) in [5.41, 5.74) is 0. The van der Waals surface area contributed by atoms with E-state index in [0.717, 1.165) is 12.2 Å². The molecule has 0 bridgehead atoms. The summed E-state index contributed by atoms with van der Waals surface area (Å²) in [4.78, 5) is 10.2. The van der Waals surface area contributed by atoms with Crippen LogP contribution < -0.4 is 5.32 Å². The molecule has 1 aliphatic rings. The summed E-state index contributed by atoms with van der Waals surface area (Å²) in [5, 5.41) is 12.0. The van der Waals surface area contributed by atoms with Crippen LogP contribution in [0.3, 0.4) is 0 Å². The maximum Gasteiger partial charge on any atom is 0.317 e. The van der Waals surface area contributed by atoms with Crippen LogP contribution in [0, 0.1) is 0 Å². The summed E-state index contributed by atoms with van der Waals surface area (Å²) in [6, 6.07) is 0.408. The Balaban J connectivity index is 2.13. The number of carbonyl (C=O) groups is 1. The molecule has 0 spiro atoms. The Morgan fingerprint density at radius 1 is 1.82 bits per heavy atom. The highest BCUT2D eigenvalue weighted by atomic mass is 32.2. The zero-order valence-electron chi connectivity index (χ0n) is 6.54. The van der Waals surface area contributed by atoms with E-state index in [1.54, 1.807) is 0 Å². The molecule has 64 valence electrons. The third kappa shape index (κ3) is 3.12. The van der Waals surface area contributed by atoms with Gasteiger partial charge in [0.05, 0.1) is 6.54 Å². The summed E-state index contributed by atoms with van der Waals surface area (Å²) < 4.78 is 0. The molecule has 11 heavy (non-hydrogen) atoms. The van der Waals surface area contributed by atoms with E-state index in [0.29, 0.717) is 11.3 Å². The lowest BCUT2D eigenvalue weighted by Gasteiger charge is -2.07. The minimum Gasteiger partial charge on any atom is -0.480 e. The van der Waals surface area contributed by atoms with Gasteiger partial charge in [-0.15, -0.1) is 0 Å². The monoisotopic (exact) mass is 175 g/mol. The van der Waals surface area contributed by atoms with Gasteiger partial charge in [-0.25, -0.2) is 0 Å². The van der Waals surface area contributed by atoms with Crippen molar-refractivity contribution in [2.45, 2.75) is 24.6 Å². The number of aliphatic carboxylic acids is 1. The predicted octanol–water partition coefficient (Wildman–Crippen LogP) is 0.555. The molecule has 0 aromatic heterocycles. The third-order valence-electron chi connectivity index (χ3n) is 1.74. The summed E-state index contributed by atoms with van der Waals surface area (Å²) >= 11 is 1.90. The number of thioether (sulfide) groups is 1. The minimum atomic E-state index is -0.769. The molecule has 0 aliphatic carbocycles. The Bertz CT molecular complexity index is 151. The molecule has 2 N–H and O–H groups in total. The predicted molar refractivity (Wildman–Crippen MR) is 46.0 cm³/mol. The standard InChI is InChI=1S/C7H13NO2S/c1-5-2-6(4-11-5)8-3-7(9)10/h5-6,8H,2-4H2,1H3,(H,9,10). The maximum atomic E-state index is 10.2. The number of hydrogen-bond acceptors (Lipinski definition) is 3. The summed E-state index contributed by atoms with van der Waals surface area (Å²) in [6.07, 6.45) is 1.10. The van der Waals surface area contributed by atoms with E-state index in [4.69, 9.17) is 5.11 Å². The van der Waals surface area contributed by atoms with Crippen LogP contribution in [-0.2, 0) is 4.79 Å². The number of hydrogen-bond donors (Lipinski definition) is 2. The zero-order valence-corrected chi connectivity index (χ0v) is 7.36. The van der Waals surface area contributed by atoms with Crippen molar-refractivity contribution in [2.75, 3.05) is 12.3 Å². The number of carboxylic acids is 1. The lowest BCUT2D eigenvalue weighted by Crippen LogP contribution is -2.33. The first-order chi connectivity index (χ1) is 5.18. The van der Waals surface area contributed by atoms with Gasteiger partial charge in [-0.1, -0.05) is 6.92 Å². The van der Waals surface area contributed by atoms with Crippen LogP contribution in [0.25, 0.3) is 0 Å². The van der Waals surface area contributed by atoms with Gasteiger partial charge in [0.25, 0.3) is 0 Å². The molecule has 1 heterocycles. The molecular weight excluding hydrogens is 162 g/mol. The minimum absolute atomic E-state index is 0.0952.